The number of aliphatic hydroxyl groups is 1. The van der Waals surface area contributed by atoms with E-state index in [9.17, 15) is 5.11 Å². The van der Waals surface area contributed by atoms with Gasteiger partial charge in [0.25, 0.3) is 0 Å². The minimum absolute atomic E-state index is 0.314. The molecule has 1 fully saturated rings. The number of aromatic nitrogens is 3. The van der Waals surface area contributed by atoms with Crippen molar-refractivity contribution in [3.8, 4) is 11.4 Å². The van der Waals surface area contributed by atoms with Crippen LogP contribution in [0.4, 0.5) is 5.82 Å². The summed E-state index contributed by atoms with van der Waals surface area (Å²) in [4.78, 5) is 13.4. The molecule has 0 bridgehead atoms. The minimum Gasteiger partial charge on any atom is -0.391 e. The Kier molecular flexibility index (Phi) is 3.63. The van der Waals surface area contributed by atoms with Crippen molar-refractivity contribution in [2.75, 3.05) is 11.9 Å². The number of fused-ring (bicyclic) bond motifs is 1. The van der Waals surface area contributed by atoms with Crippen molar-refractivity contribution in [1.82, 2.24) is 15.0 Å². The molecule has 116 valence electrons. The van der Waals surface area contributed by atoms with Crippen molar-refractivity contribution < 1.29 is 5.11 Å². The highest BCUT2D eigenvalue weighted by Gasteiger charge is 2.29. The molecule has 5 heteroatoms. The molecule has 2 N–H and O–H groups in total. The van der Waals surface area contributed by atoms with Gasteiger partial charge in [-0.25, -0.2) is 9.97 Å². The van der Waals surface area contributed by atoms with Crippen LogP contribution in [-0.2, 0) is 0 Å². The molecule has 1 saturated carbocycles. The molecule has 1 aliphatic rings. The lowest BCUT2D eigenvalue weighted by Crippen LogP contribution is -2.22. The van der Waals surface area contributed by atoms with Gasteiger partial charge in [0.15, 0.2) is 5.82 Å². The summed E-state index contributed by atoms with van der Waals surface area (Å²) in [5.41, 5.74) is 1.76. The number of hydrogen-bond acceptors (Lipinski definition) is 5. The number of hydrogen-bond donors (Lipinski definition) is 2. The van der Waals surface area contributed by atoms with Crippen LogP contribution in [0.1, 0.15) is 12.8 Å². The Labute approximate surface area is 134 Å². The van der Waals surface area contributed by atoms with E-state index in [0.29, 0.717) is 18.3 Å². The predicted molar refractivity (Wildman–Crippen MR) is 90.0 cm³/mol. The van der Waals surface area contributed by atoms with E-state index in [1.165, 1.54) is 0 Å². The molecule has 2 heterocycles. The lowest BCUT2D eigenvalue weighted by molar-refractivity contribution is 0.164. The van der Waals surface area contributed by atoms with Gasteiger partial charge in [-0.1, -0.05) is 12.1 Å². The van der Waals surface area contributed by atoms with Gasteiger partial charge in [-0.2, -0.15) is 0 Å². The molecule has 0 amide bonds. The normalized spacial score (nSPS) is 15.5. The zero-order chi connectivity index (χ0) is 15.6. The van der Waals surface area contributed by atoms with Gasteiger partial charge in [0.1, 0.15) is 5.82 Å². The predicted octanol–water partition coefficient (Wildman–Crippen LogP) is 2.87. The van der Waals surface area contributed by atoms with Gasteiger partial charge in [0.05, 0.1) is 11.6 Å². The third kappa shape index (κ3) is 3.00. The Morgan fingerprint density at radius 3 is 2.78 bits per heavy atom. The average Bonchev–Trinajstić information content (AvgIpc) is 3.45. The Hall–Kier alpha value is -2.53. The van der Waals surface area contributed by atoms with Crippen molar-refractivity contribution >= 4 is 16.7 Å². The summed E-state index contributed by atoms with van der Waals surface area (Å²) >= 11 is 0. The quantitative estimate of drug-likeness (QED) is 0.758. The molecule has 0 radical (unpaired) electrons. The SMILES string of the molecule is OC(CNc1nc(-c2cccnc2)nc2ccccc12)C1CC1. The number of rotatable bonds is 5. The highest BCUT2D eigenvalue weighted by atomic mass is 16.3. The molecule has 0 spiro atoms. The highest BCUT2D eigenvalue weighted by molar-refractivity contribution is 5.90. The van der Waals surface area contributed by atoms with E-state index in [-0.39, 0.29) is 6.10 Å². The van der Waals surface area contributed by atoms with E-state index in [4.69, 9.17) is 0 Å². The second kappa shape index (κ2) is 5.93. The summed E-state index contributed by atoms with van der Waals surface area (Å²) in [5.74, 6) is 1.84. The van der Waals surface area contributed by atoms with Crippen LogP contribution in [-0.4, -0.2) is 32.7 Å². The van der Waals surface area contributed by atoms with E-state index in [1.807, 2.05) is 36.4 Å². The molecule has 4 rings (SSSR count). The van der Waals surface area contributed by atoms with E-state index >= 15 is 0 Å². The summed E-state index contributed by atoms with van der Waals surface area (Å²) in [5, 5.41) is 14.4. The highest BCUT2D eigenvalue weighted by Crippen LogP contribution is 2.33. The third-order valence-corrected chi connectivity index (χ3v) is 4.17. The first-order chi connectivity index (χ1) is 11.3. The van der Waals surface area contributed by atoms with Crippen molar-refractivity contribution in [2.45, 2.75) is 18.9 Å². The Balaban J connectivity index is 1.71. The third-order valence-electron chi connectivity index (χ3n) is 4.17. The van der Waals surface area contributed by atoms with Crippen LogP contribution in [0.25, 0.3) is 22.3 Å². The summed E-state index contributed by atoms with van der Waals surface area (Å²) in [6.45, 7) is 0.512. The number of para-hydroxylation sites is 1. The molecule has 1 aliphatic carbocycles. The van der Waals surface area contributed by atoms with E-state index in [1.54, 1.807) is 12.4 Å². The average molecular weight is 306 g/mol. The molecular formula is C18H18N4O. The smallest absolute Gasteiger partial charge is 0.163 e. The van der Waals surface area contributed by atoms with Crippen LogP contribution in [0.3, 0.4) is 0 Å². The topological polar surface area (TPSA) is 70.9 Å². The van der Waals surface area contributed by atoms with Gasteiger partial charge in [-0.3, -0.25) is 4.98 Å². The number of anilines is 1. The summed E-state index contributed by atoms with van der Waals surface area (Å²) in [6.07, 6.45) is 5.41. The first kappa shape index (κ1) is 14.1. The largest absolute Gasteiger partial charge is 0.391 e. The molecule has 0 aliphatic heterocycles. The fourth-order valence-electron chi connectivity index (χ4n) is 2.68. The van der Waals surface area contributed by atoms with Crippen LogP contribution >= 0.6 is 0 Å². The van der Waals surface area contributed by atoms with E-state index in [0.717, 1.165) is 35.1 Å². The monoisotopic (exact) mass is 306 g/mol. The second-order valence-corrected chi connectivity index (χ2v) is 5.94. The maximum atomic E-state index is 10.1. The van der Waals surface area contributed by atoms with Gasteiger partial charge in [0.2, 0.25) is 0 Å². The number of benzene rings is 1. The van der Waals surface area contributed by atoms with Crippen molar-refractivity contribution in [1.29, 1.82) is 0 Å². The number of pyridine rings is 1. The van der Waals surface area contributed by atoms with Gasteiger partial charge in [-0.15, -0.1) is 0 Å². The van der Waals surface area contributed by atoms with Gasteiger partial charge in [-0.05, 0) is 43.0 Å². The molecule has 0 saturated heterocycles. The zero-order valence-corrected chi connectivity index (χ0v) is 12.7. The molecule has 3 aromatic rings. The lowest BCUT2D eigenvalue weighted by Gasteiger charge is -2.14. The molecule has 2 aromatic heterocycles. The first-order valence-electron chi connectivity index (χ1n) is 7.90. The van der Waals surface area contributed by atoms with Crippen LogP contribution in [0.2, 0.25) is 0 Å². The molecule has 1 atom stereocenters. The fourth-order valence-corrected chi connectivity index (χ4v) is 2.68. The Bertz CT molecular complexity index is 818. The molecule has 5 nitrogen and oxygen atoms in total. The molecule has 1 aromatic carbocycles. The van der Waals surface area contributed by atoms with Gasteiger partial charge >= 0.3 is 0 Å². The van der Waals surface area contributed by atoms with Crippen LogP contribution < -0.4 is 5.32 Å². The first-order valence-corrected chi connectivity index (χ1v) is 7.90. The van der Waals surface area contributed by atoms with Crippen LogP contribution in [0.15, 0.2) is 48.8 Å². The number of nitrogens with one attached hydrogen (secondary N) is 1. The van der Waals surface area contributed by atoms with Crippen LogP contribution in [0.5, 0.6) is 0 Å². The second-order valence-electron chi connectivity index (χ2n) is 5.94. The van der Waals surface area contributed by atoms with E-state index < -0.39 is 0 Å². The molecule has 1 unspecified atom stereocenters. The standard InChI is InChI=1S/C18H18N4O/c23-16(12-7-8-12)11-20-18-14-5-1-2-6-15(14)21-17(22-18)13-4-3-9-19-10-13/h1-6,9-10,12,16,23H,7-8,11H2,(H,20,21,22). The summed E-state index contributed by atoms with van der Waals surface area (Å²) < 4.78 is 0. The summed E-state index contributed by atoms with van der Waals surface area (Å²) in [6, 6.07) is 11.7. The number of aliphatic hydroxyl groups excluding tert-OH is 1. The fraction of sp³-hybridized carbons (Fsp3) is 0.278. The van der Waals surface area contributed by atoms with Crippen LogP contribution in [0, 0.1) is 5.92 Å². The van der Waals surface area contributed by atoms with Crippen molar-refractivity contribution in [3.05, 3.63) is 48.8 Å². The maximum absolute atomic E-state index is 10.1. The van der Waals surface area contributed by atoms with Gasteiger partial charge in [0, 0.05) is 29.9 Å². The Morgan fingerprint density at radius 1 is 1.13 bits per heavy atom. The zero-order valence-electron chi connectivity index (χ0n) is 12.7. The molecule has 23 heavy (non-hydrogen) atoms. The minimum atomic E-state index is -0.314. The van der Waals surface area contributed by atoms with Crippen molar-refractivity contribution in [3.63, 3.8) is 0 Å². The summed E-state index contributed by atoms with van der Waals surface area (Å²) in [7, 11) is 0. The lowest BCUT2D eigenvalue weighted by atomic mass is 10.2. The molecular weight excluding hydrogens is 288 g/mol. The Morgan fingerprint density at radius 2 is 2.00 bits per heavy atom. The van der Waals surface area contributed by atoms with Crippen molar-refractivity contribution in [2.24, 2.45) is 5.92 Å². The number of nitrogens with zero attached hydrogens (tertiary/aromatic N) is 3. The maximum Gasteiger partial charge on any atom is 0.163 e. The van der Waals surface area contributed by atoms with Gasteiger partial charge < -0.3 is 10.4 Å². The van der Waals surface area contributed by atoms with E-state index in [2.05, 4.69) is 20.3 Å².